The number of rotatable bonds is 4. The number of aromatic nitrogens is 1. The molecular weight excluding hydrogens is 384 g/mol. The Morgan fingerprint density at radius 2 is 2.07 bits per heavy atom. The highest BCUT2D eigenvalue weighted by Gasteiger charge is 2.39. The summed E-state index contributed by atoms with van der Waals surface area (Å²) in [5.74, 6) is -2.61. The number of fused-ring (bicyclic) bond motifs is 1. The molecule has 1 aromatic carbocycles. The topological polar surface area (TPSA) is 118 Å². The average molecular weight is 404 g/mol. The molecule has 2 heterocycles. The number of nitrogens with zero attached hydrogens (tertiary/aromatic N) is 2. The second-order valence-electron chi connectivity index (χ2n) is 7.18. The molecule has 1 saturated heterocycles. The minimum absolute atomic E-state index is 0.138. The first-order chi connectivity index (χ1) is 13.7. The largest absolute Gasteiger partial charge is 0.346 e. The zero-order chi connectivity index (χ0) is 21.3. The van der Waals surface area contributed by atoms with Crippen molar-refractivity contribution in [2.75, 3.05) is 0 Å². The molecule has 0 radical (unpaired) electrons. The number of carbonyl (C=O) groups excluding carboxylic acids is 1. The number of hydrogen-bond acceptors (Lipinski definition) is 4. The van der Waals surface area contributed by atoms with E-state index in [1.54, 1.807) is 13.8 Å². The molecule has 1 fully saturated rings. The van der Waals surface area contributed by atoms with Gasteiger partial charge in [-0.3, -0.25) is 9.59 Å². The minimum atomic E-state index is -1.08. The van der Waals surface area contributed by atoms with Gasteiger partial charge in [0.15, 0.2) is 17.7 Å². The van der Waals surface area contributed by atoms with E-state index in [-0.39, 0.29) is 17.5 Å². The van der Waals surface area contributed by atoms with Gasteiger partial charge < -0.3 is 10.3 Å². The van der Waals surface area contributed by atoms with E-state index in [4.69, 9.17) is 5.26 Å². The maximum atomic E-state index is 13.6. The van der Waals surface area contributed by atoms with Gasteiger partial charge in [0.2, 0.25) is 5.91 Å². The van der Waals surface area contributed by atoms with Crippen molar-refractivity contribution in [1.29, 1.82) is 5.26 Å². The SMILES string of the molecule is Cc1c(CC(=O)NC(C)C2CCC(C#N)N[N+]2=O)c(=O)[nH]c2cc(F)c(F)cc12. The first-order valence-electron chi connectivity index (χ1n) is 9.13. The van der Waals surface area contributed by atoms with Gasteiger partial charge in [0.1, 0.15) is 4.87 Å². The second-order valence-corrected chi connectivity index (χ2v) is 7.18. The maximum absolute atomic E-state index is 13.6. The summed E-state index contributed by atoms with van der Waals surface area (Å²) in [7, 11) is 0. The summed E-state index contributed by atoms with van der Waals surface area (Å²) in [6.45, 7) is 3.23. The standard InChI is InChI=1S/C19H19F2N5O3/c1-9-12-5-14(20)15(21)7-16(12)24-19(28)13(9)6-18(27)23-10(2)17-4-3-11(8-22)25-26(17)29/h5,7,10-11,17H,3-4,6H2,1-2H3,(H2-,23,24,25,27,28,29)/p+1. The zero-order valence-corrected chi connectivity index (χ0v) is 15.9. The lowest BCUT2D eigenvalue weighted by atomic mass is 9.98. The quantitative estimate of drug-likeness (QED) is 0.668. The molecule has 0 aliphatic carbocycles. The number of hydrazine groups is 1. The van der Waals surface area contributed by atoms with Gasteiger partial charge in [-0.05, 0) is 31.9 Å². The smallest absolute Gasteiger partial charge is 0.254 e. The lowest BCUT2D eigenvalue weighted by molar-refractivity contribution is -0.656. The number of aromatic amines is 1. The van der Waals surface area contributed by atoms with Crippen LogP contribution < -0.4 is 16.3 Å². The van der Waals surface area contributed by atoms with Crippen molar-refractivity contribution >= 4 is 16.8 Å². The second kappa shape index (κ2) is 7.95. The molecule has 10 heteroatoms. The van der Waals surface area contributed by atoms with Crippen molar-refractivity contribution in [3.8, 4) is 6.07 Å². The number of aryl methyl sites for hydroxylation is 1. The first-order valence-corrected chi connectivity index (χ1v) is 9.13. The summed E-state index contributed by atoms with van der Waals surface area (Å²) in [4.78, 5) is 39.9. The van der Waals surface area contributed by atoms with E-state index in [0.717, 1.165) is 12.1 Å². The molecule has 29 heavy (non-hydrogen) atoms. The first kappa shape index (κ1) is 20.4. The Morgan fingerprint density at radius 3 is 2.72 bits per heavy atom. The Bertz CT molecular complexity index is 1090. The summed E-state index contributed by atoms with van der Waals surface area (Å²) >= 11 is 0. The Balaban J connectivity index is 1.76. The number of carbonyl (C=O) groups is 1. The molecule has 0 spiro atoms. The third-order valence-corrected chi connectivity index (χ3v) is 5.23. The molecule has 2 aromatic rings. The van der Waals surface area contributed by atoms with Gasteiger partial charge in [0.05, 0.1) is 29.0 Å². The van der Waals surface area contributed by atoms with Crippen LogP contribution in [0.5, 0.6) is 0 Å². The number of nitrogens with one attached hydrogen (secondary N) is 3. The molecule has 0 saturated carbocycles. The zero-order valence-electron chi connectivity index (χ0n) is 15.9. The Morgan fingerprint density at radius 1 is 1.38 bits per heavy atom. The van der Waals surface area contributed by atoms with Crippen LogP contribution in [0.15, 0.2) is 16.9 Å². The number of benzene rings is 1. The van der Waals surface area contributed by atoms with Crippen LogP contribution in [0.1, 0.15) is 30.9 Å². The molecule has 3 rings (SSSR count). The van der Waals surface area contributed by atoms with Crippen molar-refractivity contribution in [2.45, 2.75) is 51.2 Å². The fourth-order valence-electron chi connectivity index (χ4n) is 3.58. The number of H-pyrrole nitrogens is 1. The maximum Gasteiger partial charge on any atom is 0.254 e. The van der Waals surface area contributed by atoms with E-state index >= 15 is 0 Å². The third kappa shape index (κ3) is 4.08. The molecule has 1 aliphatic rings. The van der Waals surface area contributed by atoms with Crippen LogP contribution in [0.4, 0.5) is 8.78 Å². The summed E-state index contributed by atoms with van der Waals surface area (Å²) in [6.07, 6.45) is 0.628. The molecule has 3 atom stereocenters. The average Bonchev–Trinajstić information content (AvgIpc) is 2.66. The van der Waals surface area contributed by atoms with Gasteiger partial charge >= 0.3 is 0 Å². The van der Waals surface area contributed by atoms with Gasteiger partial charge in [-0.2, -0.15) is 5.26 Å². The summed E-state index contributed by atoms with van der Waals surface area (Å²) < 4.78 is 27.0. The molecular formula is C19H20F2N5O3+. The monoisotopic (exact) mass is 404 g/mol. The van der Waals surface area contributed by atoms with Crippen LogP contribution in [-0.4, -0.2) is 33.9 Å². The van der Waals surface area contributed by atoms with Crippen LogP contribution in [0, 0.1) is 34.8 Å². The number of amides is 1. The highest BCUT2D eigenvalue weighted by atomic mass is 19.2. The van der Waals surface area contributed by atoms with Crippen molar-refractivity contribution in [3.05, 3.63) is 50.2 Å². The van der Waals surface area contributed by atoms with Gasteiger partial charge in [-0.15, -0.1) is 5.43 Å². The molecule has 8 nitrogen and oxygen atoms in total. The number of pyridine rings is 1. The summed E-state index contributed by atoms with van der Waals surface area (Å²) in [5.41, 5.74) is 2.61. The lowest BCUT2D eigenvalue weighted by Gasteiger charge is -2.23. The normalized spacial score (nSPS) is 20.0. The van der Waals surface area contributed by atoms with Crippen LogP contribution in [0.2, 0.25) is 0 Å². The summed E-state index contributed by atoms with van der Waals surface area (Å²) in [5, 5.41) is 11.9. The van der Waals surface area contributed by atoms with E-state index in [2.05, 4.69) is 15.7 Å². The van der Waals surface area contributed by atoms with E-state index < -0.39 is 41.2 Å². The molecule has 3 N–H and O–H groups in total. The number of nitriles is 1. The molecule has 0 bridgehead atoms. The van der Waals surface area contributed by atoms with Crippen LogP contribution in [0.3, 0.4) is 0 Å². The van der Waals surface area contributed by atoms with E-state index in [1.165, 1.54) is 0 Å². The minimum Gasteiger partial charge on any atom is -0.346 e. The predicted molar refractivity (Wildman–Crippen MR) is 99.7 cm³/mol. The molecule has 1 aromatic heterocycles. The van der Waals surface area contributed by atoms with Crippen LogP contribution in [0.25, 0.3) is 10.9 Å². The molecule has 1 aliphatic heterocycles. The molecule has 1 amide bonds. The van der Waals surface area contributed by atoms with Crippen molar-refractivity contribution in [1.82, 2.24) is 15.7 Å². The third-order valence-electron chi connectivity index (χ3n) is 5.23. The highest BCUT2D eigenvalue weighted by Crippen LogP contribution is 2.21. The number of halogens is 2. The number of nitroso groups, excluding NO2 is 1. The van der Waals surface area contributed by atoms with Crippen LogP contribution >= 0.6 is 0 Å². The van der Waals surface area contributed by atoms with Crippen molar-refractivity contribution < 1.29 is 18.4 Å². The predicted octanol–water partition coefficient (Wildman–Crippen LogP) is 1.50. The highest BCUT2D eigenvalue weighted by molar-refractivity contribution is 5.86. The van der Waals surface area contributed by atoms with Gasteiger partial charge in [-0.25, -0.2) is 8.78 Å². The Labute approximate surface area is 164 Å². The lowest BCUT2D eigenvalue weighted by Crippen LogP contribution is -2.55. The molecule has 152 valence electrons. The van der Waals surface area contributed by atoms with Gasteiger partial charge in [0, 0.05) is 23.4 Å². The van der Waals surface area contributed by atoms with E-state index in [0.29, 0.717) is 28.7 Å². The number of hydrogen-bond donors (Lipinski definition) is 3. The van der Waals surface area contributed by atoms with Crippen LogP contribution in [-0.2, 0) is 11.2 Å². The fraction of sp³-hybridized carbons (Fsp3) is 0.421. The van der Waals surface area contributed by atoms with Crippen molar-refractivity contribution in [2.24, 2.45) is 0 Å². The Kier molecular flexibility index (Phi) is 5.59. The summed E-state index contributed by atoms with van der Waals surface area (Å²) in [6, 6.07) is 2.21. The van der Waals surface area contributed by atoms with Gasteiger partial charge in [-0.1, -0.05) is 0 Å². The van der Waals surface area contributed by atoms with Crippen molar-refractivity contribution in [3.63, 3.8) is 0 Å². The molecule has 3 unspecified atom stereocenters. The van der Waals surface area contributed by atoms with E-state index in [9.17, 15) is 23.3 Å². The van der Waals surface area contributed by atoms with Gasteiger partial charge in [0.25, 0.3) is 11.6 Å². The Hall–Kier alpha value is -3.35. The fourth-order valence-corrected chi connectivity index (χ4v) is 3.58. The van der Waals surface area contributed by atoms with E-state index in [1.807, 2.05) is 6.07 Å².